The second-order valence-electron chi connectivity index (χ2n) is 6.99. The third kappa shape index (κ3) is 3.70. The van der Waals surface area contributed by atoms with E-state index in [2.05, 4.69) is 4.74 Å². The van der Waals surface area contributed by atoms with Crippen LogP contribution in [0.15, 0.2) is 36.4 Å². The molecule has 0 aliphatic carbocycles. The Morgan fingerprint density at radius 2 is 1.81 bits per heavy atom. The molecule has 31 heavy (non-hydrogen) atoms. The zero-order valence-corrected chi connectivity index (χ0v) is 16.8. The predicted octanol–water partition coefficient (Wildman–Crippen LogP) is 4.17. The summed E-state index contributed by atoms with van der Waals surface area (Å²) >= 11 is 5.35. The Labute approximate surface area is 179 Å². The first kappa shape index (κ1) is 22.2. The van der Waals surface area contributed by atoms with Gasteiger partial charge in [-0.2, -0.15) is 18.4 Å². The number of halogens is 4. The first-order valence-electron chi connectivity index (χ1n) is 8.63. The first-order valence-corrected chi connectivity index (χ1v) is 9.04. The number of carbonyl (C=O) groups excluding carboxylic acids is 2. The van der Waals surface area contributed by atoms with E-state index in [0.717, 1.165) is 23.1 Å². The molecule has 2 aromatic carbocycles. The lowest BCUT2D eigenvalue weighted by atomic mass is 10.0. The van der Waals surface area contributed by atoms with Crippen LogP contribution in [0.4, 0.5) is 28.9 Å². The van der Waals surface area contributed by atoms with Crippen LogP contribution in [0.2, 0.25) is 0 Å². The Morgan fingerprint density at radius 3 is 2.35 bits per heavy atom. The number of carbonyl (C=O) groups is 2. The summed E-state index contributed by atoms with van der Waals surface area (Å²) < 4.78 is 58.8. The second kappa shape index (κ2) is 7.63. The number of ether oxygens (including phenoxy) is 1. The van der Waals surface area contributed by atoms with E-state index in [0.29, 0.717) is 6.07 Å². The predicted molar refractivity (Wildman–Crippen MR) is 106 cm³/mol. The van der Waals surface area contributed by atoms with E-state index >= 15 is 0 Å². The number of thiocarbonyl (C=S) groups is 1. The molecule has 160 valence electrons. The molecule has 1 aliphatic heterocycles. The van der Waals surface area contributed by atoms with Gasteiger partial charge in [0.15, 0.2) is 16.7 Å². The van der Waals surface area contributed by atoms with Gasteiger partial charge in [0.2, 0.25) is 0 Å². The number of nitriles is 1. The molecule has 1 fully saturated rings. The molecule has 1 amide bonds. The highest BCUT2D eigenvalue weighted by Crippen LogP contribution is 2.40. The highest BCUT2D eigenvalue weighted by molar-refractivity contribution is 7.81. The van der Waals surface area contributed by atoms with E-state index < -0.39 is 34.6 Å². The fourth-order valence-electron chi connectivity index (χ4n) is 3.24. The summed E-state index contributed by atoms with van der Waals surface area (Å²) in [7, 11) is 0. The van der Waals surface area contributed by atoms with Crippen LogP contribution in [-0.4, -0.2) is 23.0 Å². The lowest BCUT2D eigenvalue weighted by Crippen LogP contribution is -2.44. The summed E-state index contributed by atoms with van der Waals surface area (Å²) in [5.41, 5.74) is -3.23. The van der Waals surface area contributed by atoms with E-state index in [-0.39, 0.29) is 28.7 Å². The molecule has 2 aromatic rings. The number of alkyl halides is 3. The SMILES string of the molecule is CC1(C)C(=O)N(c2ccc(C#N)c(C(F)(F)F)c2)C(=S)N1c1ccc(OC=O)c(F)c1. The summed E-state index contributed by atoms with van der Waals surface area (Å²) in [6.07, 6.45) is -4.82. The molecule has 0 aromatic heterocycles. The van der Waals surface area contributed by atoms with E-state index in [1.165, 1.54) is 36.9 Å². The van der Waals surface area contributed by atoms with Crippen molar-refractivity contribution in [3.63, 3.8) is 0 Å². The van der Waals surface area contributed by atoms with Gasteiger partial charge in [0.25, 0.3) is 12.4 Å². The van der Waals surface area contributed by atoms with Gasteiger partial charge in [-0.3, -0.25) is 14.5 Å². The van der Waals surface area contributed by atoms with Gasteiger partial charge in [-0.1, -0.05) is 0 Å². The number of hydrogen-bond acceptors (Lipinski definition) is 5. The number of anilines is 2. The van der Waals surface area contributed by atoms with E-state index in [4.69, 9.17) is 17.5 Å². The lowest BCUT2D eigenvalue weighted by molar-refractivity contribution is -0.137. The molecular weight excluding hydrogens is 438 g/mol. The molecular formula is C20H13F4N3O3S. The van der Waals surface area contributed by atoms with Crippen LogP contribution in [-0.2, 0) is 15.8 Å². The number of nitrogens with zero attached hydrogens (tertiary/aromatic N) is 3. The Balaban J connectivity index is 2.09. The maximum atomic E-state index is 14.2. The van der Waals surface area contributed by atoms with Crippen molar-refractivity contribution in [1.29, 1.82) is 5.26 Å². The standard InChI is InChI=1S/C20H13F4N3O3S/c1-19(2)17(29)26(12-4-3-11(9-25)14(7-12)20(22,23)24)18(31)27(19)13-5-6-16(30-10-28)15(21)8-13/h3-8,10H,1-2H3. The zero-order valence-electron chi connectivity index (χ0n) is 16.0. The van der Waals surface area contributed by atoms with Crippen molar-refractivity contribution >= 4 is 41.1 Å². The fraction of sp³-hybridized carbons (Fsp3) is 0.200. The Morgan fingerprint density at radius 1 is 1.16 bits per heavy atom. The van der Waals surface area contributed by atoms with Gasteiger partial charge in [-0.05, 0) is 56.4 Å². The Kier molecular flexibility index (Phi) is 5.45. The van der Waals surface area contributed by atoms with Gasteiger partial charge < -0.3 is 9.64 Å². The zero-order chi connectivity index (χ0) is 23.1. The summed E-state index contributed by atoms with van der Waals surface area (Å²) in [6, 6.07) is 7.78. The third-order valence-corrected chi connectivity index (χ3v) is 5.07. The topological polar surface area (TPSA) is 73.6 Å². The van der Waals surface area contributed by atoms with Crippen LogP contribution < -0.4 is 14.5 Å². The summed E-state index contributed by atoms with van der Waals surface area (Å²) in [5, 5.41) is 8.79. The lowest BCUT2D eigenvalue weighted by Gasteiger charge is -2.29. The molecule has 0 radical (unpaired) electrons. The van der Waals surface area contributed by atoms with Crippen molar-refractivity contribution in [2.45, 2.75) is 25.6 Å². The third-order valence-electron chi connectivity index (χ3n) is 4.70. The molecule has 6 nitrogen and oxygen atoms in total. The van der Waals surface area contributed by atoms with Crippen LogP contribution in [0.1, 0.15) is 25.0 Å². The number of rotatable bonds is 4. The van der Waals surface area contributed by atoms with Gasteiger partial charge in [0.1, 0.15) is 5.54 Å². The average Bonchev–Trinajstić information content (AvgIpc) is 2.87. The maximum absolute atomic E-state index is 14.2. The minimum Gasteiger partial charge on any atom is -0.426 e. The van der Waals surface area contributed by atoms with Crippen LogP contribution in [0.3, 0.4) is 0 Å². The van der Waals surface area contributed by atoms with Crippen molar-refractivity contribution in [3.8, 4) is 11.8 Å². The first-order chi connectivity index (χ1) is 14.4. The summed E-state index contributed by atoms with van der Waals surface area (Å²) in [5.74, 6) is -1.89. The van der Waals surface area contributed by atoms with Crippen LogP contribution in [0, 0.1) is 17.1 Å². The van der Waals surface area contributed by atoms with E-state index in [1.54, 1.807) is 0 Å². The molecule has 1 aliphatic rings. The van der Waals surface area contributed by atoms with Gasteiger partial charge in [0, 0.05) is 11.8 Å². The quantitative estimate of drug-likeness (QED) is 0.395. The number of hydrogen-bond donors (Lipinski definition) is 0. The fourth-order valence-corrected chi connectivity index (χ4v) is 3.76. The molecule has 0 N–H and O–H groups in total. The van der Waals surface area contributed by atoms with Crippen molar-refractivity contribution in [2.75, 3.05) is 9.80 Å². The van der Waals surface area contributed by atoms with Gasteiger partial charge in [-0.25, -0.2) is 4.39 Å². The smallest absolute Gasteiger partial charge is 0.417 e. The highest BCUT2D eigenvalue weighted by atomic mass is 32.1. The highest BCUT2D eigenvalue weighted by Gasteiger charge is 2.50. The minimum atomic E-state index is -4.82. The molecule has 11 heteroatoms. The van der Waals surface area contributed by atoms with E-state index in [9.17, 15) is 27.2 Å². The molecule has 0 saturated carbocycles. The largest absolute Gasteiger partial charge is 0.426 e. The molecule has 0 spiro atoms. The number of benzene rings is 2. The molecule has 3 rings (SSSR count). The van der Waals surface area contributed by atoms with Crippen molar-refractivity contribution < 1.29 is 31.9 Å². The van der Waals surface area contributed by atoms with Crippen LogP contribution in [0.25, 0.3) is 0 Å². The van der Waals surface area contributed by atoms with Gasteiger partial charge >= 0.3 is 6.18 Å². The average molecular weight is 451 g/mol. The van der Waals surface area contributed by atoms with Crippen molar-refractivity contribution in [3.05, 3.63) is 53.3 Å². The minimum absolute atomic E-state index is 0.0525. The molecule has 1 saturated heterocycles. The van der Waals surface area contributed by atoms with Crippen LogP contribution >= 0.6 is 12.2 Å². The van der Waals surface area contributed by atoms with Gasteiger partial charge in [-0.15, -0.1) is 0 Å². The maximum Gasteiger partial charge on any atom is 0.417 e. The van der Waals surface area contributed by atoms with Gasteiger partial charge in [0.05, 0.1) is 22.9 Å². The normalized spacial score (nSPS) is 15.8. The van der Waals surface area contributed by atoms with Crippen LogP contribution in [0.5, 0.6) is 5.75 Å². The molecule has 1 heterocycles. The molecule has 0 unspecified atom stereocenters. The monoisotopic (exact) mass is 451 g/mol. The van der Waals surface area contributed by atoms with Crippen molar-refractivity contribution in [1.82, 2.24) is 0 Å². The van der Waals surface area contributed by atoms with Crippen molar-refractivity contribution in [2.24, 2.45) is 0 Å². The number of amides is 1. The summed E-state index contributed by atoms with van der Waals surface area (Å²) in [6.45, 7) is 3.00. The Hall–Kier alpha value is -3.52. The Bertz CT molecular complexity index is 1140. The van der Waals surface area contributed by atoms with E-state index in [1.807, 2.05) is 0 Å². The molecule has 0 atom stereocenters. The molecule has 0 bridgehead atoms. The summed E-state index contributed by atoms with van der Waals surface area (Å²) in [4.78, 5) is 25.7. The second-order valence-corrected chi connectivity index (χ2v) is 7.35.